The second kappa shape index (κ2) is 4.67. The molecule has 2 rings (SSSR count). The van der Waals surface area contributed by atoms with Crippen molar-refractivity contribution in [3.63, 3.8) is 0 Å². The molecule has 0 aromatic heterocycles. The summed E-state index contributed by atoms with van der Waals surface area (Å²) in [7, 11) is 0. The lowest BCUT2D eigenvalue weighted by Gasteiger charge is -2.13. The lowest BCUT2D eigenvalue weighted by atomic mass is 10.0. The Bertz CT molecular complexity index is 299. The van der Waals surface area contributed by atoms with Gasteiger partial charge in [-0.05, 0) is 30.0 Å². The van der Waals surface area contributed by atoms with Gasteiger partial charge in [0.05, 0.1) is 12.6 Å². The fourth-order valence-electron chi connectivity index (χ4n) is 1.85. The van der Waals surface area contributed by atoms with Crippen molar-refractivity contribution in [2.24, 2.45) is 0 Å². The molecule has 15 heavy (non-hydrogen) atoms. The third-order valence-electron chi connectivity index (χ3n) is 2.88. The summed E-state index contributed by atoms with van der Waals surface area (Å²) in [6, 6.07) is 9.21. The van der Waals surface area contributed by atoms with Crippen LogP contribution < -0.4 is 5.32 Å². The zero-order valence-electron chi connectivity index (χ0n) is 9.49. The molecule has 1 aliphatic heterocycles. The minimum absolute atomic E-state index is 0.495. The van der Waals surface area contributed by atoms with Crippen LogP contribution in [-0.4, -0.2) is 19.3 Å². The standard InChI is InChI=1S/C13H19NO/c1-10(2)11-3-5-12(6-4-11)14-13-7-8-15-9-13/h3-6,10,13-14H,7-9H2,1-2H3. The maximum atomic E-state index is 5.33. The van der Waals surface area contributed by atoms with Crippen LogP contribution in [0.5, 0.6) is 0 Å². The molecule has 1 aromatic rings. The van der Waals surface area contributed by atoms with Gasteiger partial charge in [0.2, 0.25) is 0 Å². The van der Waals surface area contributed by atoms with E-state index in [2.05, 4.69) is 43.4 Å². The van der Waals surface area contributed by atoms with Crippen LogP contribution in [-0.2, 0) is 4.74 Å². The summed E-state index contributed by atoms with van der Waals surface area (Å²) in [6.45, 7) is 6.16. The number of benzene rings is 1. The van der Waals surface area contributed by atoms with Gasteiger partial charge in [-0.3, -0.25) is 0 Å². The lowest BCUT2D eigenvalue weighted by molar-refractivity contribution is 0.195. The van der Waals surface area contributed by atoms with Crippen molar-refractivity contribution in [1.82, 2.24) is 0 Å². The number of rotatable bonds is 3. The minimum Gasteiger partial charge on any atom is -0.380 e. The second-order valence-corrected chi connectivity index (χ2v) is 4.48. The Hall–Kier alpha value is -1.02. The summed E-state index contributed by atoms with van der Waals surface area (Å²) in [5.74, 6) is 0.605. The molecule has 82 valence electrons. The smallest absolute Gasteiger partial charge is 0.0668 e. The molecule has 0 amide bonds. The molecule has 1 fully saturated rings. The van der Waals surface area contributed by atoms with Gasteiger partial charge in [-0.1, -0.05) is 26.0 Å². The third kappa shape index (κ3) is 2.72. The van der Waals surface area contributed by atoms with E-state index in [1.54, 1.807) is 0 Å². The zero-order valence-corrected chi connectivity index (χ0v) is 9.49. The Labute approximate surface area is 91.6 Å². The molecule has 1 N–H and O–H groups in total. The number of ether oxygens (including phenoxy) is 1. The van der Waals surface area contributed by atoms with E-state index in [4.69, 9.17) is 4.74 Å². The normalized spacial score (nSPS) is 20.9. The van der Waals surface area contributed by atoms with Crippen LogP contribution in [0.25, 0.3) is 0 Å². The zero-order chi connectivity index (χ0) is 10.7. The fraction of sp³-hybridized carbons (Fsp3) is 0.538. The van der Waals surface area contributed by atoms with Gasteiger partial charge in [-0.25, -0.2) is 0 Å². The predicted octanol–water partition coefficient (Wildman–Crippen LogP) is 3.01. The number of nitrogens with one attached hydrogen (secondary N) is 1. The van der Waals surface area contributed by atoms with Crippen molar-refractivity contribution in [3.8, 4) is 0 Å². The van der Waals surface area contributed by atoms with E-state index in [0.717, 1.165) is 19.6 Å². The average Bonchev–Trinajstić information content (AvgIpc) is 2.71. The maximum absolute atomic E-state index is 5.33. The Morgan fingerprint density at radius 2 is 2.00 bits per heavy atom. The van der Waals surface area contributed by atoms with Crippen molar-refractivity contribution in [3.05, 3.63) is 29.8 Å². The first-order chi connectivity index (χ1) is 7.25. The SMILES string of the molecule is CC(C)c1ccc(NC2CCOC2)cc1. The van der Waals surface area contributed by atoms with Gasteiger partial charge >= 0.3 is 0 Å². The topological polar surface area (TPSA) is 21.3 Å². The van der Waals surface area contributed by atoms with Gasteiger partial charge in [0.15, 0.2) is 0 Å². The molecule has 0 radical (unpaired) electrons. The van der Waals surface area contributed by atoms with E-state index in [9.17, 15) is 0 Å². The first-order valence-electron chi connectivity index (χ1n) is 5.70. The largest absolute Gasteiger partial charge is 0.380 e. The summed E-state index contributed by atoms with van der Waals surface area (Å²) in [4.78, 5) is 0. The molecule has 1 atom stereocenters. The summed E-state index contributed by atoms with van der Waals surface area (Å²) in [5, 5.41) is 3.48. The Morgan fingerprint density at radius 3 is 2.53 bits per heavy atom. The van der Waals surface area contributed by atoms with Crippen LogP contribution in [0.15, 0.2) is 24.3 Å². The molecule has 1 unspecified atom stereocenters. The highest BCUT2D eigenvalue weighted by Gasteiger charge is 2.14. The molecule has 0 bridgehead atoms. The van der Waals surface area contributed by atoms with Gasteiger partial charge in [-0.15, -0.1) is 0 Å². The molecular formula is C13H19NO. The van der Waals surface area contributed by atoms with Crippen LogP contribution in [0.2, 0.25) is 0 Å². The van der Waals surface area contributed by atoms with Gasteiger partial charge < -0.3 is 10.1 Å². The quantitative estimate of drug-likeness (QED) is 0.819. The molecule has 1 heterocycles. The van der Waals surface area contributed by atoms with Crippen molar-refractivity contribution >= 4 is 5.69 Å². The third-order valence-corrected chi connectivity index (χ3v) is 2.88. The van der Waals surface area contributed by atoms with Crippen LogP contribution >= 0.6 is 0 Å². The van der Waals surface area contributed by atoms with E-state index in [-0.39, 0.29) is 0 Å². The first-order valence-corrected chi connectivity index (χ1v) is 5.70. The molecule has 1 aliphatic rings. The molecule has 0 spiro atoms. The summed E-state index contributed by atoms with van der Waals surface area (Å²) in [6.07, 6.45) is 1.12. The van der Waals surface area contributed by atoms with Crippen molar-refractivity contribution in [2.45, 2.75) is 32.2 Å². The van der Waals surface area contributed by atoms with Crippen LogP contribution in [0.3, 0.4) is 0 Å². The van der Waals surface area contributed by atoms with Gasteiger partial charge in [0.25, 0.3) is 0 Å². The molecule has 0 saturated carbocycles. The lowest BCUT2D eigenvalue weighted by Crippen LogP contribution is -2.18. The van der Waals surface area contributed by atoms with Gasteiger partial charge in [0, 0.05) is 12.3 Å². The predicted molar refractivity (Wildman–Crippen MR) is 63.4 cm³/mol. The van der Waals surface area contributed by atoms with Gasteiger partial charge in [-0.2, -0.15) is 0 Å². The first kappa shape index (κ1) is 10.5. The highest BCUT2D eigenvalue weighted by atomic mass is 16.5. The van der Waals surface area contributed by atoms with Gasteiger partial charge in [0.1, 0.15) is 0 Å². The van der Waals surface area contributed by atoms with Crippen LogP contribution in [0.4, 0.5) is 5.69 Å². The summed E-state index contributed by atoms with van der Waals surface area (Å²) in [5.41, 5.74) is 2.60. The minimum atomic E-state index is 0.495. The Balaban J connectivity index is 1.97. The van der Waals surface area contributed by atoms with Crippen molar-refractivity contribution in [2.75, 3.05) is 18.5 Å². The van der Waals surface area contributed by atoms with E-state index >= 15 is 0 Å². The maximum Gasteiger partial charge on any atom is 0.0668 e. The summed E-state index contributed by atoms with van der Waals surface area (Å²) >= 11 is 0. The molecular weight excluding hydrogens is 186 g/mol. The second-order valence-electron chi connectivity index (χ2n) is 4.48. The molecule has 1 saturated heterocycles. The highest BCUT2D eigenvalue weighted by molar-refractivity contribution is 5.46. The Kier molecular flexibility index (Phi) is 3.27. The summed E-state index contributed by atoms with van der Waals surface area (Å²) < 4.78 is 5.33. The van der Waals surface area contributed by atoms with Crippen LogP contribution in [0.1, 0.15) is 31.7 Å². The number of anilines is 1. The van der Waals surface area contributed by atoms with Crippen molar-refractivity contribution < 1.29 is 4.74 Å². The van der Waals surface area contributed by atoms with E-state index in [1.807, 2.05) is 0 Å². The number of hydrogen-bond acceptors (Lipinski definition) is 2. The van der Waals surface area contributed by atoms with E-state index in [1.165, 1.54) is 11.3 Å². The van der Waals surface area contributed by atoms with Crippen LogP contribution in [0, 0.1) is 0 Å². The average molecular weight is 205 g/mol. The molecule has 2 heteroatoms. The highest BCUT2D eigenvalue weighted by Crippen LogP contribution is 2.19. The van der Waals surface area contributed by atoms with E-state index in [0.29, 0.717) is 12.0 Å². The van der Waals surface area contributed by atoms with Crippen molar-refractivity contribution in [1.29, 1.82) is 0 Å². The molecule has 0 aliphatic carbocycles. The molecule has 2 nitrogen and oxygen atoms in total. The number of hydrogen-bond donors (Lipinski definition) is 1. The molecule has 1 aromatic carbocycles. The Morgan fingerprint density at radius 1 is 1.27 bits per heavy atom. The monoisotopic (exact) mass is 205 g/mol. The fourth-order valence-corrected chi connectivity index (χ4v) is 1.85. The van der Waals surface area contributed by atoms with E-state index < -0.39 is 0 Å².